The first-order chi connectivity index (χ1) is 6.65. The van der Waals surface area contributed by atoms with Crippen molar-refractivity contribution in [1.29, 1.82) is 0 Å². The van der Waals surface area contributed by atoms with E-state index in [1.807, 2.05) is 7.05 Å². The molecule has 4 heteroatoms. The fourth-order valence-corrected chi connectivity index (χ4v) is 2.58. The Balaban J connectivity index is 2.15. The summed E-state index contributed by atoms with van der Waals surface area (Å²) in [5, 5.41) is 12.4. The first-order valence-electron chi connectivity index (χ1n) is 5.33. The zero-order valence-corrected chi connectivity index (χ0v) is 8.62. The molecule has 0 bridgehead atoms. The smallest absolute Gasteiger partial charge is 0.240 e. The molecule has 1 amide bonds. The Labute approximate surface area is 84.3 Å². The molecule has 0 aromatic carbocycles. The molecule has 0 aromatic heterocycles. The van der Waals surface area contributed by atoms with Gasteiger partial charge in [-0.25, -0.2) is 0 Å². The van der Waals surface area contributed by atoms with E-state index in [0.717, 1.165) is 38.8 Å². The molecule has 0 atom stereocenters. The zero-order valence-electron chi connectivity index (χ0n) is 8.62. The van der Waals surface area contributed by atoms with Crippen LogP contribution in [0.15, 0.2) is 0 Å². The molecule has 0 aromatic rings. The Bertz CT molecular complexity index is 234. The summed E-state index contributed by atoms with van der Waals surface area (Å²) in [6, 6.07) is 0. The minimum Gasteiger partial charge on any atom is -0.393 e. The number of hydrogen-bond donors (Lipinski definition) is 2. The van der Waals surface area contributed by atoms with Crippen LogP contribution in [-0.2, 0) is 4.79 Å². The maximum absolute atomic E-state index is 11.9. The highest BCUT2D eigenvalue weighted by molar-refractivity contribution is 5.87. The minimum atomic E-state index is -0.322. The van der Waals surface area contributed by atoms with E-state index in [0.29, 0.717) is 0 Å². The van der Waals surface area contributed by atoms with Crippen LogP contribution >= 0.6 is 0 Å². The number of nitrogens with zero attached hydrogens (tertiary/aromatic N) is 1. The van der Waals surface area contributed by atoms with Crippen LogP contribution in [0, 0.1) is 0 Å². The molecule has 1 spiro atoms. The summed E-state index contributed by atoms with van der Waals surface area (Å²) < 4.78 is 0. The predicted octanol–water partition coefficient (Wildman–Crippen LogP) is -0.278. The molecule has 4 nitrogen and oxygen atoms in total. The maximum atomic E-state index is 11.9. The summed E-state index contributed by atoms with van der Waals surface area (Å²) in [4.78, 5) is 14.0. The van der Waals surface area contributed by atoms with Crippen molar-refractivity contribution in [3.63, 3.8) is 0 Å². The number of rotatable bonds is 0. The van der Waals surface area contributed by atoms with Gasteiger partial charge in [0, 0.05) is 13.1 Å². The molecule has 1 saturated heterocycles. The quantitative estimate of drug-likeness (QED) is 0.563. The number of aliphatic hydroxyl groups is 1. The molecular formula is C10H18N2O2. The van der Waals surface area contributed by atoms with Crippen LogP contribution in [0.5, 0.6) is 0 Å². The Morgan fingerprint density at radius 2 is 2.14 bits per heavy atom. The lowest BCUT2D eigenvalue weighted by Crippen LogP contribution is -2.64. The highest BCUT2D eigenvalue weighted by Gasteiger charge is 2.46. The summed E-state index contributed by atoms with van der Waals surface area (Å²) in [7, 11) is 2.01. The van der Waals surface area contributed by atoms with Crippen molar-refractivity contribution in [1.82, 2.24) is 10.2 Å². The number of carbonyl (C=O) groups excluding carboxylic acids is 1. The lowest BCUT2D eigenvalue weighted by molar-refractivity contribution is -0.140. The summed E-state index contributed by atoms with van der Waals surface area (Å²) in [6.45, 7) is 1.67. The third kappa shape index (κ3) is 1.42. The fraction of sp³-hybridized carbons (Fsp3) is 0.900. The topological polar surface area (TPSA) is 52.6 Å². The first-order valence-corrected chi connectivity index (χ1v) is 5.33. The van der Waals surface area contributed by atoms with Crippen molar-refractivity contribution in [3.8, 4) is 0 Å². The van der Waals surface area contributed by atoms with Gasteiger partial charge in [-0.3, -0.25) is 9.69 Å². The van der Waals surface area contributed by atoms with Gasteiger partial charge in [-0.1, -0.05) is 0 Å². The monoisotopic (exact) mass is 198 g/mol. The van der Waals surface area contributed by atoms with E-state index in [4.69, 9.17) is 0 Å². The van der Waals surface area contributed by atoms with Gasteiger partial charge >= 0.3 is 0 Å². The van der Waals surface area contributed by atoms with Crippen LogP contribution in [-0.4, -0.2) is 47.7 Å². The van der Waals surface area contributed by atoms with Crippen molar-refractivity contribution < 1.29 is 9.90 Å². The van der Waals surface area contributed by atoms with E-state index >= 15 is 0 Å². The van der Waals surface area contributed by atoms with Crippen molar-refractivity contribution in [2.45, 2.75) is 37.3 Å². The average Bonchev–Trinajstić information content (AvgIpc) is 2.17. The number of nitrogens with one attached hydrogen (secondary N) is 1. The molecule has 2 rings (SSSR count). The molecule has 2 fully saturated rings. The zero-order chi connectivity index (χ0) is 10.2. The van der Waals surface area contributed by atoms with Gasteiger partial charge in [0.2, 0.25) is 5.91 Å². The van der Waals surface area contributed by atoms with Crippen LogP contribution in [0.25, 0.3) is 0 Å². The molecule has 1 aliphatic heterocycles. The lowest BCUT2D eigenvalue weighted by Gasteiger charge is -2.47. The van der Waals surface area contributed by atoms with Gasteiger partial charge in [-0.15, -0.1) is 0 Å². The number of hydrogen-bond acceptors (Lipinski definition) is 3. The van der Waals surface area contributed by atoms with Crippen molar-refractivity contribution >= 4 is 5.91 Å². The second kappa shape index (κ2) is 3.51. The van der Waals surface area contributed by atoms with E-state index in [-0.39, 0.29) is 17.6 Å². The van der Waals surface area contributed by atoms with Crippen molar-refractivity contribution in [2.75, 3.05) is 20.1 Å². The van der Waals surface area contributed by atoms with Gasteiger partial charge in [-0.2, -0.15) is 0 Å². The minimum absolute atomic E-state index is 0.151. The SMILES string of the molecule is CN1CCNC(=O)C12CCC(O)CC2. The molecule has 2 N–H and O–H groups in total. The maximum Gasteiger partial charge on any atom is 0.240 e. The van der Waals surface area contributed by atoms with Gasteiger partial charge in [0.15, 0.2) is 0 Å². The number of carbonyl (C=O) groups is 1. The second-order valence-corrected chi connectivity index (χ2v) is 4.44. The predicted molar refractivity (Wildman–Crippen MR) is 52.8 cm³/mol. The molecule has 1 saturated carbocycles. The van der Waals surface area contributed by atoms with Crippen molar-refractivity contribution in [2.24, 2.45) is 0 Å². The van der Waals surface area contributed by atoms with E-state index in [1.54, 1.807) is 0 Å². The van der Waals surface area contributed by atoms with Gasteiger partial charge in [-0.05, 0) is 32.7 Å². The number of piperazine rings is 1. The first kappa shape index (κ1) is 9.93. The molecular weight excluding hydrogens is 180 g/mol. The summed E-state index contributed by atoms with van der Waals surface area (Å²) in [5.41, 5.74) is -0.322. The van der Waals surface area contributed by atoms with Crippen LogP contribution < -0.4 is 5.32 Å². The van der Waals surface area contributed by atoms with Crippen LogP contribution in [0.1, 0.15) is 25.7 Å². The number of likely N-dealkylation sites (N-methyl/N-ethyl adjacent to an activating group) is 1. The number of aliphatic hydroxyl groups excluding tert-OH is 1. The van der Waals surface area contributed by atoms with E-state index < -0.39 is 0 Å². The van der Waals surface area contributed by atoms with Crippen molar-refractivity contribution in [3.05, 3.63) is 0 Å². The lowest BCUT2D eigenvalue weighted by atomic mass is 9.77. The third-order valence-electron chi connectivity index (χ3n) is 3.67. The summed E-state index contributed by atoms with van der Waals surface area (Å²) in [6.07, 6.45) is 2.87. The molecule has 14 heavy (non-hydrogen) atoms. The van der Waals surface area contributed by atoms with Gasteiger partial charge < -0.3 is 10.4 Å². The van der Waals surface area contributed by atoms with Gasteiger partial charge in [0.25, 0.3) is 0 Å². The van der Waals surface area contributed by atoms with E-state index in [9.17, 15) is 9.90 Å². The molecule has 0 unspecified atom stereocenters. The molecule has 80 valence electrons. The molecule has 0 radical (unpaired) electrons. The molecule has 2 aliphatic rings. The Kier molecular flexibility index (Phi) is 2.49. The Hall–Kier alpha value is -0.610. The standard InChI is InChI=1S/C10H18N2O2/c1-12-7-6-11-9(14)10(12)4-2-8(13)3-5-10/h8,13H,2-7H2,1H3,(H,11,14). The van der Waals surface area contributed by atoms with Crippen LogP contribution in [0.3, 0.4) is 0 Å². The van der Waals surface area contributed by atoms with E-state index in [2.05, 4.69) is 10.2 Å². The normalized spacial score (nSPS) is 39.9. The molecule has 1 aliphatic carbocycles. The van der Waals surface area contributed by atoms with E-state index in [1.165, 1.54) is 0 Å². The molecule has 1 heterocycles. The van der Waals surface area contributed by atoms with Gasteiger partial charge in [0.1, 0.15) is 5.54 Å². The largest absolute Gasteiger partial charge is 0.393 e. The average molecular weight is 198 g/mol. The third-order valence-corrected chi connectivity index (χ3v) is 3.67. The Morgan fingerprint density at radius 1 is 1.50 bits per heavy atom. The highest BCUT2D eigenvalue weighted by atomic mass is 16.3. The van der Waals surface area contributed by atoms with Crippen LogP contribution in [0.4, 0.5) is 0 Å². The highest BCUT2D eigenvalue weighted by Crippen LogP contribution is 2.34. The van der Waals surface area contributed by atoms with Gasteiger partial charge in [0.05, 0.1) is 6.10 Å². The fourth-order valence-electron chi connectivity index (χ4n) is 2.58. The Morgan fingerprint density at radius 3 is 2.71 bits per heavy atom. The summed E-state index contributed by atoms with van der Waals surface area (Å²) >= 11 is 0. The van der Waals surface area contributed by atoms with Crippen LogP contribution in [0.2, 0.25) is 0 Å². The second-order valence-electron chi connectivity index (χ2n) is 4.44. The summed E-state index contributed by atoms with van der Waals surface area (Å²) in [5.74, 6) is 0.151. The number of amides is 1.